The Hall–Kier alpha value is -1.47. The van der Waals surface area contributed by atoms with E-state index in [1.807, 2.05) is 6.92 Å². The van der Waals surface area contributed by atoms with Crippen molar-refractivity contribution in [1.82, 2.24) is 4.72 Å². The zero-order valence-corrected chi connectivity index (χ0v) is 11.2. The molecule has 0 bridgehead atoms. The summed E-state index contributed by atoms with van der Waals surface area (Å²) in [7, 11) is -3.99. The van der Waals surface area contributed by atoms with Crippen molar-refractivity contribution in [3.05, 3.63) is 30.1 Å². The number of aliphatic carboxylic acids is 1. The van der Waals surface area contributed by atoms with Crippen LogP contribution in [0.5, 0.6) is 0 Å². The fourth-order valence-corrected chi connectivity index (χ4v) is 2.72. The number of carbonyl (C=O) groups is 1. The fraction of sp³-hybridized carbons (Fsp3) is 0.417. The zero-order valence-electron chi connectivity index (χ0n) is 10.4. The number of carboxylic acid groups (broad SMARTS) is 1. The van der Waals surface area contributed by atoms with Gasteiger partial charge in [-0.05, 0) is 30.7 Å². The maximum atomic E-state index is 12.7. The van der Waals surface area contributed by atoms with Crippen LogP contribution in [-0.2, 0) is 14.8 Å². The second-order valence-corrected chi connectivity index (χ2v) is 5.80. The maximum absolute atomic E-state index is 12.7. The molecule has 1 atom stereocenters. The SMILES string of the molecule is CCCCC(NS(=O)(=O)c1ccc(F)cc1)C(=O)[O-]. The van der Waals surface area contributed by atoms with Crippen molar-refractivity contribution in [2.75, 3.05) is 0 Å². The van der Waals surface area contributed by atoms with Crippen LogP contribution in [-0.4, -0.2) is 20.4 Å². The molecule has 0 fully saturated rings. The first-order valence-electron chi connectivity index (χ1n) is 5.85. The molecule has 0 aliphatic rings. The average Bonchev–Trinajstić information content (AvgIpc) is 2.34. The highest BCUT2D eigenvalue weighted by atomic mass is 32.2. The third-order valence-corrected chi connectivity index (χ3v) is 4.04. The minimum absolute atomic E-state index is 0.152. The number of nitrogens with one attached hydrogen (secondary N) is 1. The monoisotopic (exact) mass is 288 g/mol. The summed E-state index contributed by atoms with van der Waals surface area (Å²) >= 11 is 0. The van der Waals surface area contributed by atoms with E-state index in [1.54, 1.807) is 0 Å². The van der Waals surface area contributed by atoms with Gasteiger partial charge in [0.15, 0.2) is 0 Å². The van der Waals surface area contributed by atoms with E-state index in [-0.39, 0.29) is 11.3 Å². The molecule has 1 unspecified atom stereocenters. The summed E-state index contributed by atoms with van der Waals surface area (Å²) < 4.78 is 38.6. The Morgan fingerprint density at radius 2 is 1.95 bits per heavy atom. The van der Waals surface area contributed by atoms with Crippen LogP contribution < -0.4 is 9.83 Å². The van der Waals surface area contributed by atoms with Crippen LogP contribution in [0, 0.1) is 5.82 Å². The molecule has 7 heteroatoms. The number of benzene rings is 1. The highest BCUT2D eigenvalue weighted by molar-refractivity contribution is 7.89. The van der Waals surface area contributed by atoms with E-state index in [0.29, 0.717) is 6.42 Å². The van der Waals surface area contributed by atoms with Crippen molar-refractivity contribution in [1.29, 1.82) is 0 Å². The second-order valence-electron chi connectivity index (χ2n) is 4.09. The summed E-state index contributed by atoms with van der Waals surface area (Å²) in [4.78, 5) is 10.7. The second kappa shape index (κ2) is 6.63. The lowest BCUT2D eigenvalue weighted by Gasteiger charge is -2.19. The van der Waals surface area contributed by atoms with Crippen LogP contribution in [0.2, 0.25) is 0 Å². The third kappa shape index (κ3) is 4.60. The van der Waals surface area contributed by atoms with E-state index >= 15 is 0 Å². The maximum Gasteiger partial charge on any atom is 0.241 e. The Bertz CT molecular complexity index is 527. The van der Waals surface area contributed by atoms with Gasteiger partial charge in [-0.15, -0.1) is 0 Å². The molecule has 0 aliphatic heterocycles. The largest absolute Gasteiger partial charge is 0.548 e. The van der Waals surface area contributed by atoms with Crippen LogP contribution in [0.15, 0.2) is 29.2 Å². The molecule has 0 spiro atoms. The first-order valence-corrected chi connectivity index (χ1v) is 7.34. The van der Waals surface area contributed by atoms with Gasteiger partial charge in [-0.2, -0.15) is 0 Å². The summed E-state index contributed by atoms with van der Waals surface area (Å²) in [5, 5.41) is 10.9. The van der Waals surface area contributed by atoms with E-state index in [9.17, 15) is 22.7 Å². The van der Waals surface area contributed by atoms with Crippen molar-refractivity contribution in [2.24, 2.45) is 0 Å². The highest BCUT2D eigenvalue weighted by Gasteiger charge is 2.20. The van der Waals surface area contributed by atoms with Crippen molar-refractivity contribution in [3.8, 4) is 0 Å². The van der Waals surface area contributed by atoms with Crippen molar-refractivity contribution >= 4 is 16.0 Å². The van der Waals surface area contributed by atoms with E-state index < -0.39 is 27.9 Å². The summed E-state index contributed by atoms with van der Waals surface area (Å²) in [6.45, 7) is 1.86. The number of halogens is 1. The molecule has 1 N–H and O–H groups in total. The molecular formula is C12H15FNO4S-. The topological polar surface area (TPSA) is 86.3 Å². The molecule has 1 aromatic carbocycles. The van der Waals surface area contributed by atoms with Gasteiger partial charge in [-0.1, -0.05) is 19.8 Å². The lowest BCUT2D eigenvalue weighted by Crippen LogP contribution is -2.47. The smallest absolute Gasteiger partial charge is 0.241 e. The predicted octanol–water partition coefficient (Wildman–Crippen LogP) is 0.413. The van der Waals surface area contributed by atoms with E-state index in [1.165, 1.54) is 0 Å². The van der Waals surface area contributed by atoms with E-state index in [4.69, 9.17) is 0 Å². The summed E-state index contributed by atoms with van der Waals surface area (Å²) in [6.07, 6.45) is 1.45. The minimum atomic E-state index is -3.99. The van der Waals surface area contributed by atoms with Crippen LogP contribution in [0.1, 0.15) is 26.2 Å². The molecule has 0 saturated heterocycles. The molecule has 0 radical (unpaired) electrons. The molecule has 19 heavy (non-hydrogen) atoms. The molecule has 0 amide bonds. The van der Waals surface area contributed by atoms with Crippen molar-refractivity contribution < 1.29 is 22.7 Å². The number of sulfonamides is 1. The molecule has 0 aliphatic carbocycles. The normalized spacial score (nSPS) is 13.2. The molecule has 0 aromatic heterocycles. The third-order valence-electron chi connectivity index (χ3n) is 2.55. The lowest BCUT2D eigenvalue weighted by molar-refractivity contribution is -0.308. The minimum Gasteiger partial charge on any atom is -0.548 e. The number of hydrogen-bond donors (Lipinski definition) is 1. The molecule has 1 aromatic rings. The standard InChI is InChI=1S/C12H16FNO4S/c1-2-3-4-11(12(15)16)14-19(17,18)10-7-5-9(13)6-8-10/h5-8,11,14H,2-4H2,1H3,(H,15,16)/p-1. The Morgan fingerprint density at radius 3 is 2.42 bits per heavy atom. The van der Waals surface area contributed by atoms with Crippen molar-refractivity contribution in [3.63, 3.8) is 0 Å². The summed E-state index contributed by atoms with van der Waals surface area (Å²) in [5.74, 6) is -2.04. The fourth-order valence-electron chi connectivity index (χ4n) is 1.50. The number of rotatable bonds is 7. The van der Waals surface area contributed by atoms with E-state index in [2.05, 4.69) is 4.72 Å². The Morgan fingerprint density at radius 1 is 1.37 bits per heavy atom. The molecule has 1 rings (SSSR count). The first-order chi connectivity index (χ1) is 8.86. The van der Waals surface area contributed by atoms with Gasteiger partial charge in [-0.3, -0.25) is 0 Å². The Balaban J connectivity index is 2.87. The van der Waals surface area contributed by atoms with Crippen LogP contribution in [0.25, 0.3) is 0 Å². The van der Waals surface area contributed by atoms with Crippen molar-refractivity contribution in [2.45, 2.75) is 37.1 Å². The van der Waals surface area contributed by atoms with Crippen LogP contribution in [0.4, 0.5) is 4.39 Å². The Labute approximate surface area is 111 Å². The van der Waals surface area contributed by atoms with Crippen LogP contribution in [0.3, 0.4) is 0 Å². The van der Waals surface area contributed by atoms with E-state index in [0.717, 1.165) is 30.7 Å². The molecule has 0 heterocycles. The number of carbonyl (C=O) groups excluding carboxylic acids is 1. The van der Waals surface area contributed by atoms with Gasteiger partial charge in [0.25, 0.3) is 0 Å². The summed E-state index contributed by atoms with van der Waals surface area (Å²) in [6, 6.07) is 2.85. The average molecular weight is 288 g/mol. The summed E-state index contributed by atoms with van der Waals surface area (Å²) in [5.41, 5.74) is 0. The van der Waals surface area contributed by atoms with Gasteiger partial charge in [-0.25, -0.2) is 17.5 Å². The van der Waals surface area contributed by atoms with Gasteiger partial charge in [0.1, 0.15) is 5.82 Å². The van der Waals surface area contributed by atoms with Gasteiger partial charge in [0.05, 0.1) is 16.9 Å². The highest BCUT2D eigenvalue weighted by Crippen LogP contribution is 2.11. The molecule has 106 valence electrons. The van der Waals surface area contributed by atoms with Gasteiger partial charge < -0.3 is 9.90 Å². The van der Waals surface area contributed by atoms with Gasteiger partial charge >= 0.3 is 0 Å². The van der Waals surface area contributed by atoms with Gasteiger partial charge in [0.2, 0.25) is 10.0 Å². The van der Waals surface area contributed by atoms with Crippen LogP contribution >= 0.6 is 0 Å². The quantitative estimate of drug-likeness (QED) is 0.787. The first kappa shape index (κ1) is 15.6. The Kier molecular flexibility index (Phi) is 5.44. The predicted molar refractivity (Wildman–Crippen MR) is 65.0 cm³/mol. The number of hydrogen-bond acceptors (Lipinski definition) is 4. The zero-order chi connectivity index (χ0) is 14.5. The molecular weight excluding hydrogens is 273 g/mol. The van der Waals surface area contributed by atoms with Gasteiger partial charge in [0, 0.05) is 0 Å². The molecule has 5 nitrogen and oxygen atoms in total. The number of carboxylic acids is 1. The lowest BCUT2D eigenvalue weighted by atomic mass is 10.1. The number of unbranched alkanes of at least 4 members (excludes halogenated alkanes) is 1. The molecule has 0 saturated carbocycles.